The van der Waals surface area contributed by atoms with E-state index in [4.69, 9.17) is 4.74 Å². The molecule has 3 unspecified atom stereocenters. The van der Waals surface area contributed by atoms with Gasteiger partial charge in [-0.3, -0.25) is 9.36 Å². The summed E-state index contributed by atoms with van der Waals surface area (Å²) < 4.78 is 26.0. The van der Waals surface area contributed by atoms with Crippen molar-refractivity contribution in [3.8, 4) is 0 Å². The van der Waals surface area contributed by atoms with Crippen molar-refractivity contribution in [2.75, 3.05) is 13.2 Å². The summed E-state index contributed by atoms with van der Waals surface area (Å²) in [6.45, 7) is 0.872. The van der Waals surface area contributed by atoms with E-state index in [-0.39, 0.29) is 6.42 Å². The summed E-state index contributed by atoms with van der Waals surface area (Å²) in [4.78, 5) is 23.9. The van der Waals surface area contributed by atoms with E-state index in [2.05, 4.69) is 28.1 Å². The Bertz CT molecular complexity index is 735. The summed E-state index contributed by atoms with van der Waals surface area (Å²) in [6.07, 6.45) is 5.99. The molecule has 0 aromatic rings. The first kappa shape index (κ1) is 37.1. The Hall–Kier alpha value is -0.920. The molecule has 0 spiro atoms. The molecule has 0 aromatic carbocycles. The molecule has 0 amide bonds. The van der Waals surface area contributed by atoms with E-state index >= 15 is 0 Å². The number of ether oxygens (including phenoxy) is 1. The molecule has 236 valence electrons. The third-order valence-corrected chi connectivity index (χ3v) is 7.80. The van der Waals surface area contributed by atoms with Crippen LogP contribution in [0.3, 0.4) is 0 Å². The molecule has 0 radical (unpaired) electrons. The Labute approximate surface area is 237 Å². The van der Waals surface area contributed by atoms with E-state index in [1.807, 2.05) is 0 Å². The zero-order valence-electron chi connectivity index (χ0n) is 23.6. The maximum atomic E-state index is 12.0. The predicted molar refractivity (Wildman–Crippen MR) is 145 cm³/mol. The van der Waals surface area contributed by atoms with Gasteiger partial charge in [0.25, 0.3) is 7.82 Å². The Morgan fingerprint density at radius 2 is 1.25 bits per heavy atom. The van der Waals surface area contributed by atoms with Crippen LogP contribution in [0.1, 0.15) is 96.8 Å². The topological polar surface area (TPSA) is 206 Å². The number of aliphatic hydroxyl groups excluding tert-OH is 6. The number of unbranched alkanes of at least 4 members (excludes halogenated alkanes) is 11. The Kier molecular flexibility index (Phi) is 19.4. The summed E-state index contributed by atoms with van der Waals surface area (Å²) in [7, 11) is -5.23. The van der Waals surface area contributed by atoms with Gasteiger partial charge in [-0.05, 0) is 32.1 Å². The molecule has 40 heavy (non-hydrogen) atoms. The molecule has 8 atom stereocenters. The van der Waals surface area contributed by atoms with Crippen molar-refractivity contribution < 1.29 is 58.7 Å². The number of aliphatic hydroxyl groups is 6. The van der Waals surface area contributed by atoms with Crippen molar-refractivity contribution in [2.45, 2.75) is 140 Å². The van der Waals surface area contributed by atoms with Crippen LogP contribution in [-0.4, -0.2) is 92.5 Å². The fourth-order valence-electron chi connectivity index (χ4n) is 4.33. The van der Waals surface area contributed by atoms with Gasteiger partial charge in [0.15, 0.2) is 0 Å². The maximum absolute atomic E-state index is 12.0. The molecule has 12 nitrogen and oxygen atoms in total. The van der Waals surface area contributed by atoms with Crippen molar-refractivity contribution in [3.63, 3.8) is 0 Å². The molecule has 1 fully saturated rings. The lowest BCUT2D eigenvalue weighted by Gasteiger charge is -2.43. The molecule has 1 aliphatic carbocycles. The molecule has 1 rings (SSSR count). The highest BCUT2D eigenvalue weighted by Crippen LogP contribution is 2.43. The zero-order valence-corrected chi connectivity index (χ0v) is 24.5. The Balaban J connectivity index is 2.09. The van der Waals surface area contributed by atoms with Crippen molar-refractivity contribution in [3.05, 3.63) is 12.2 Å². The number of phosphoric acid groups is 1. The van der Waals surface area contributed by atoms with E-state index < -0.39 is 69.7 Å². The monoisotopic (exact) mass is 597 g/mol. The number of esters is 1. The van der Waals surface area contributed by atoms with Gasteiger partial charge in [-0.2, -0.15) is 0 Å². The van der Waals surface area contributed by atoms with Crippen molar-refractivity contribution >= 4 is 13.8 Å². The average molecular weight is 598 g/mol. The van der Waals surface area contributed by atoms with Gasteiger partial charge >= 0.3 is 5.97 Å². The minimum Gasteiger partial charge on any atom is -0.756 e. The first-order valence-corrected chi connectivity index (χ1v) is 16.0. The van der Waals surface area contributed by atoms with E-state index in [1.54, 1.807) is 0 Å². The highest BCUT2D eigenvalue weighted by Gasteiger charge is 2.50. The van der Waals surface area contributed by atoms with Crippen LogP contribution in [0.4, 0.5) is 0 Å². The zero-order chi connectivity index (χ0) is 30.0. The molecular formula is C27H50O12P-. The van der Waals surface area contributed by atoms with Crippen molar-refractivity contribution in [1.82, 2.24) is 0 Å². The minimum absolute atomic E-state index is 0.170. The molecular weight excluding hydrogens is 547 g/mol. The van der Waals surface area contributed by atoms with Crippen LogP contribution >= 0.6 is 7.82 Å². The number of phosphoric ester groups is 1. The minimum atomic E-state index is -5.23. The molecule has 0 aromatic heterocycles. The second-order valence-electron chi connectivity index (χ2n) is 10.4. The summed E-state index contributed by atoms with van der Waals surface area (Å²) in [6, 6.07) is 0. The lowest BCUT2D eigenvalue weighted by Crippen LogP contribution is -2.64. The smallest absolute Gasteiger partial charge is 0.305 e. The van der Waals surface area contributed by atoms with Crippen molar-refractivity contribution in [2.24, 2.45) is 0 Å². The first-order chi connectivity index (χ1) is 19.0. The number of rotatable bonds is 22. The molecule has 13 heteroatoms. The van der Waals surface area contributed by atoms with Crippen LogP contribution in [0.25, 0.3) is 0 Å². The number of hydrogen-bond acceptors (Lipinski definition) is 12. The Morgan fingerprint density at radius 3 is 1.80 bits per heavy atom. The lowest BCUT2D eigenvalue weighted by molar-refractivity contribution is -0.261. The van der Waals surface area contributed by atoms with E-state index in [0.29, 0.717) is 6.42 Å². The second kappa shape index (κ2) is 20.9. The number of hydrogen-bond donors (Lipinski definition) is 6. The van der Waals surface area contributed by atoms with Gasteiger partial charge in [-0.15, -0.1) is 0 Å². The van der Waals surface area contributed by atoms with Gasteiger partial charge in [0.2, 0.25) is 0 Å². The van der Waals surface area contributed by atoms with Gasteiger partial charge in [0.1, 0.15) is 49.3 Å². The highest BCUT2D eigenvalue weighted by atomic mass is 31.2. The van der Waals surface area contributed by atoms with Gasteiger partial charge in [-0.1, -0.05) is 70.4 Å². The summed E-state index contributed by atoms with van der Waals surface area (Å²) >= 11 is 0. The fourth-order valence-corrected chi connectivity index (χ4v) is 5.29. The average Bonchev–Trinajstić information content (AvgIpc) is 2.93. The summed E-state index contributed by atoms with van der Waals surface area (Å²) in [5.74, 6) is -0.534. The van der Waals surface area contributed by atoms with Crippen LogP contribution in [-0.2, 0) is 23.1 Å². The standard InChI is InChI=1S/C27H51O12P/c1-2-3-4-5-6-7-8-9-10-11-12-13-14-15-16-17-21(29)37-18-20(28)19-38-40(35,36)39-27-25(33)23(31)22(30)24(32)26(27)34/h9-10,20,22-28,30-34H,2-8,11-19H2,1H3,(H,35,36)/p-1/b10-9-/t20-,22?,23-,24+,25-,26-,27?/m1/s1. The van der Waals surface area contributed by atoms with Gasteiger partial charge in [0.05, 0.1) is 6.61 Å². The molecule has 0 saturated heterocycles. The van der Waals surface area contributed by atoms with Crippen LogP contribution < -0.4 is 4.89 Å². The summed E-state index contributed by atoms with van der Waals surface area (Å²) in [5.41, 5.74) is 0. The predicted octanol–water partition coefficient (Wildman–Crippen LogP) is 1.62. The molecule has 1 saturated carbocycles. The van der Waals surface area contributed by atoms with E-state index in [1.165, 1.54) is 38.5 Å². The SMILES string of the molecule is CCCCCCCC/C=C\CCCCCCCC(=O)OC[C@@H](O)COP(=O)([O-])OC1[C@H](O)[C@H](O)C(O)[C@H](O)[C@H]1O. The van der Waals surface area contributed by atoms with Crippen LogP contribution in [0.5, 0.6) is 0 Å². The number of carbonyl (C=O) groups is 1. The third kappa shape index (κ3) is 15.3. The molecule has 1 aliphatic rings. The highest BCUT2D eigenvalue weighted by molar-refractivity contribution is 7.45. The molecule has 0 heterocycles. The fraction of sp³-hybridized carbons (Fsp3) is 0.889. The van der Waals surface area contributed by atoms with E-state index in [9.17, 15) is 44.9 Å². The van der Waals surface area contributed by atoms with Crippen LogP contribution in [0.2, 0.25) is 0 Å². The molecule has 6 N–H and O–H groups in total. The van der Waals surface area contributed by atoms with Gasteiger partial charge < -0.3 is 49.3 Å². The van der Waals surface area contributed by atoms with Crippen molar-refractivity contribution in [1.29, 1.82) is 0 Å². The quantitative estimate of drug-likeness (QED) is 0.0456. The largest absolute Gasteiger partial charge is 0.756 e. The van der Waals surface area contributed by atoms with Crippen LogP contribution in [0.15, 0.2) is 12.2 Å². The maximum Gasteiger partial charge on any atom is 0.305 e. The first-order valence-electron chi connectivity index (χ1n) is 14.5. The second-order valence-corrected chi connectivity index (χ2v) is 11.8. The van der Waals surface area contributed by atoms with Crippen LogP contribution in [0, 0.1) is 0 Å². The summed E-state index contributed by atoms with van der Waals surface area (Å²) in [5, 5.41) is 58.4. The number of allylic oxidation sites excluding steroid dienone is 2. The molecule has 0 aliphatic heterocycles. The number of carbonyl (C=O) groups excluding carboxylic acids is 1. The van der Waals surface area contributed by atoms with Gasteiger partial charge in [0, 0.05) is 6.42 Å². The Morgan fingerprint density at radius 1 is 0.775 bits per heavy atom. The van der Waals surface area contributed by atoms with Gasteiger partial charge in [-0.25, -0.2) is 0 Å². The van der Waals surface area contributed by atoms with E-state index in [0.717, 1.165) is 38.5 Å². The third-order valence-electron chi connectivity index (χ3n) is 6.83. The molecule has 0 bridgehead atoms. The normalized spacial score (nSPS) is 27.5. The lowest BCUT2D eigenvalue weighted by atomic mass is 9.85.